The number of benzene rings is 3. The first-order valence-electron chi connectivity index (χ1n) is 10.8. The van der Waals surface area contributed by atoms with Crippen LogP contribution in [0.3, 0.4) is 0 Å². The minimum Gasteiger partial charge on any atom is -0.307 e. The van der Waals surface area contributed by atoms with Crippen molar-refractivity contribution < 1.29 is 4.79 Å². The van der Waals surface area contributed by atoms with Gasteiger partial charge in [-0.15, -0.1) is 0 Å². The van der Waals surface area contributed by atoms with E-state index in [2.05, 4.69) is 59.2 Å². The molecule has 0 aromatic heterocycles. The van der Waals surface area contributed by atoms with Crippen molar-refractivity contribution in [3.05, 3.63) is 77.9 Å². The number of nitrogens with zero attached hydrogens (tertiary/aromatic N) is 2. The summed E-state index contributed by atoms with van der Waals surface area (Å²) in [6.07, 6.45) is 3.47. The molecule has 1 spiro atoms. The molecule has 2 heterocycles. The lowest BCUT2D eigenvalue weighted by molar-refractivity contribution is 0.0985. The fourth-order valence-electron chi connectivity index (χ4n) is 5.36. The highest BCUT2D eigenvalue weighted by Crippen LogP contribution is 2.47. The van der Waals surface area contributed by atoms with Gasteiger partial charge in [0.1, 0.15) is 0 Å². The van der Waals surface area contributed by atoms with Crippen LogP contribution in [0.25, 0.3) is 10.8 Å². The van der Waals surface area contributed by atoms with Crippen molar-refractivity contribution in [2.45, 2.75) is 31.6 Å². The second-order valence-corrected chi connectivity index (χ2v) is 8.50. The Bertz CT molecular complexity index is 1050. The van der Waals surface area contributed by atoms with E-state index < -0.39 is 0 Å². The molecule has 1 atom stereocenters. The lowest BCUT2D eigenvalue weighted by atomic mass is 9.76. The number of rotatable bonds is 2. The topological polar surface area (TPSA) is 23.6 Å². The van der Waals surface area contributed by atoms with Crippen LogP contribution in [0.2, 0.25) is 0 Å². The fraction of sp³-hybridized carbons (Fsp3) is 0.346. The maximum absolute atomic E-state index is 13.8. The molecule has 1 saturated heterocycles. The molecule has 0 bridgehead atoms. The fourth-order valence-corrected chi connectivity index (χ4v) is 5.36. The Kier molecular flexibility index (Phi) is 4.63. The predicted molar refractivity (Wildman–Crippen MR) is 120 cm³/mol. The number of hydrogen-bond acceptors (Lipinski definition) is 2. The number of anilines is 1. The molecule has 3 heteroatoms. The lowest BCUT2D eigenvalue weighted by Gasteiger charge is -2.29. The van der Waals surface area contributed by atoms with Gasteiger partial charge in [0.05, 0.1) is 0 Å². The van der Waals surface area contributed by atoms with Gasteiger partial charge < -0.3 is 9.80 Å². The molecule has 3 nitrogen and oxygen atoms in total. The Morgan fingerprint density at radius 2 is 1.72 bits per heavy atom. The number of carbonyl (C=O) groups is 1. The van der Waals surface area contributed by atoms with Gasteiger partial charge in [0, 0.05) is 23.2 Å². The van der Waals surface area contributed by atoms with Gasteiger partial charge in [-0.2, -0.15) is 0 Å². The van der Waals surface area contributed by atoms with E-state index in [0.29, 0.717) is 0 Å². The summed E-state index contributed by atoms with van der Waals surface area (Å²) in [5, 5.41) is 2.16. The molecule has 148 valence electrons. The van der Waals surface area contributed by atoms with E-state index in [0.717, 1.165) is 61.0 Å². The standard InChI is InChI=1S/C26H28N2O/c1-2-27-17-8-15-26(16-18-27)19-28(24-14-6-5-13-23(24)26)25(29)22-12-7-10-20-9-3-4-11-21(20)22/h3-7,9-14H,2,8,15-19H2,1H3. The van der Waals surface area contributed by atoms with Crippen LogP contribution in [0.5, 0.6) is 0 Å². The van der Waals surface area contributed by atoms with Crippen LogP contribution < -0.4 is 4.90 Å². The van der Waals surface area contributed by atoms with Crippen molar-refractivity contribution in [2.24, 2.45) is 0 Å². The molecule has 2 aliphatic heterocycles. The van der Waals surface area contributed by atoms with Crippen LogP contribution in [0, 0.1) is 0 Å². The quantitative estimate of drug-likeness (QED) is 0.603. The van der Waals surface area contributed by atoms with Gasteiger partial charge in [0.25, 0.3) is 5.91 Å². The largest absolute Gasteiger partial charge is 0.307 e. The zero-order valence-electron chi connectivity index (χ0n) is 17.1. The summed E-state index contributed by atoms with van der Waals surface area (Å²) in [4.78, 5) is 18.4. The molecule has 29 heavy (non-hydrogen) atoms. The third-order valence-electron chi connectivity index (χ3n) is 6.98. The summed E-state index contributed by atoms with van der Waals surface area (Å²) in [6.45, 7) is 6.43. The predicted octanol–water partition coefficient (Wildman–Crippen LogP) is 5.24. The molecular weight excluding hydrogens is 356 g/mol. The molecule has 0 aliphatic carbocycles. The smallest absolute Gasteiger partial charge is 0.258 e. The van der Waals surface area contributed by atoms with Gasteiger partial charge in [-0.1, -0.05) is 61.5 Å². The summed E-state index contributed by atoms with van der Waals surface area (Å²) < 4.78 is 0. The monoisotopic (exact) mass is 384 g/mol. The van der Waals surface area contributed by atoms with Crippen LogP contribution in [-0.2, 0) is 5.41 Å². The number of likely N-dealkylation sites (tertiary alicyclic amines) is 1. The lowest BCUT2D eigenvalue weighted by Crippen LogP contribution is -2.38. The average molecular weight is 385 g/mol. The summed E-state index contributed by atoms with van der Waals surface area (Å²) in [7, 11) is 0. The highest BCUT2D eigenvalue weighted by molar-refractivity contribution is 6.15. The third kappa shape index (κ3) is 3.05. The van der Waals surface area contributed by atoms with Crippen molar-refractivity contribution in [3.8, 4) is 0 Å². The Morgan fingerprint density at radius 3 is 2.62 bits per heavy atom. The van der Waals surface area contributed by atoms with E-state index in [1.165, 1.54) is 12.0 Å². The molecule has 5 rings (SSSR count). The summed E-state index contributed by atoms with van der Waals surface area (Å²) in [5.74, 6) is 0.128. The highest BCUT2D eigenvalue weighted by Gasteiger charge is 2.45. The number of hydrogen-bond donors (Lipinski definition) is 0. The highest BCUT2D eigenvalue weighted by atomic mass is 16.2. The van der Waals surface area contributed by atoms with Crippen molar-refractivity contribution >= 4 is 22.4 Å². The van der Waals surface area contributed by atoms with Gasteiger partial charge in [-0.3, -0.25) is 4.79 Å². The van der Waals surface area contributed by atoms with Crippen molar-refractivity contribution in [1.82, 2.24) is 4.90 Å². The van der Waals surface area contributed by atoms with Crippen molar-refractivity contribution in [1.29, 1.82) is 0 Å². The molecule has 1 unspecified atom stereocenters. The molecule has 1 amide bonds. The van der Waals surface area contributed by atoms with E-state index in [4.69, 9.17) is 0 Å². The number of fused-ring (bicyclic) bond motifs is 3. The minimum atomic E-state index is 0.0841. The van der Waals surface area contributed by atoms with E-state index in [9.17, 15) is 4.79 Å². The Morgan fingerprint density at radius 1 is 0.931 bits per heavy atom. The Hall–Kier alpha value is -2.65. The van der Waals surface area contributed by atoms with E-state index in [1.807, 2.05) is 24.3 Å². The molecule has 0 N–H and O–H groups in total. The van der Waals surface area contributed by atoms with Crippen molar-refractivity contribution in [2.75, 3.05) is 31.1 Å². The first kappa shape index (κ1) is 18.4. The SMILES string of the molecule is CCN1CCCC2(CC1)CN(C(=O)c1cccc3ccccc13)c1ccccc12. The minimum absolute atomic E-state index is 0.0841. The van der Waals surface area contributed by atoms with Crippen molar-refractivity contribution in [3.63, 3.8) is 0 Å². The molecule has 2 aliphatic rings. The van der Waals surface area contributed by atoms with E-state index >= 15 is 0 Å². The van der Waals surface area contributed by atoms with Crippen LogP contribution >= 0.6 is 0 Å². The average Bonchev–Trinajstić information content (AvgIpc) is 2.94. The second kappa shape index (κ2) is 7.31. The first-order chi connectivity index (χ1) is 14.2. The van der Waals surface area contributed by atoms with Gasteiger partial charge in [0.15, 0.2) is 0 Å². The van der Waals surface area contributed by atoms with Crippen LogP contribution in [0.1, 0.15) is 42.1 Å². The van der Waals surface area contributed by atoms with E-state index in [1.54, 1.807) is 0 Å². The van der Waals surface area contributed by atoms with Gasteiger partial charge in [-0.05, 0) is 67.4 Å². The summed E-state index contributed by atoms with van der Waals surface area (Å²) in [6, 6.07) is 22.8. The first-order valence-corrected chi connectivity index (χ1v) is 10.8. The van der Waals surface area contributed by atoms with Crippen LogP contribution in [0.15, 0.2) is 66.7 Å². The maximum Gasteiger partial charge on any atom is 0.258 e. The molecule has 0 saturated carbocycles. The number of carbonyl (C=O) groups excluding carboxylic acids is 1. The number of para-hydroxylation sites is 1. The van der Waals surface area contributed by atoms with Gasteiger partial charge in [-0.25, -0.2) is 0 Å². The van der Waals surface area contributed by atoms with E-state index in [-0.39, 0.29) is 11.3 Å². The zero-order valence-corrected chi connectivity index (χ0v) is 17.1. The molecule has 3 aromatic carbocycles. The normalized spacial score (nSPS) is 22.0. The molecule has 0 radical (unpaired) electrons. The van der Waals surface area contributed by atoms with Crippen LogP contribution in [0.4, 0.5) is 5.69 Å². The Balaban J connectivity index is 1.55. The van der Waals surface area contributed by atoms with Gasteiger partial charge >= 0.3 is 0 Å². The number of amides is 1. The summed E-state index contributed by atoms with van der Waals surface area (Å²) in [5.41, 5.74) is 3.36. The molecular formula is C26H28N2O. The van der Waals surface area contributed by atoms with Gasteiger partial charge in [0.2, 0.25) is 0 Å². The summed E-state index contributed by atoms with van der Waals surface area (Å²) >= 11 is 0. The molecule has 1 fully saturated rings. The maximum atomic E-state index is 13.8. The zero-order chi connectivity index (χ0) is 19.8. The third-order valence-corrected chi connectivity index (χ3v) is 6.98. The second-order valence-electron chi connectivity index (χ2n) is 8.50. The van der Waals surface area contributed by atoms with Crippen LogP contribution in [-0.4, -0.2) is 37.0 Å². The molecule has 3 aromatic rings. The Labute approximate surface area is 172 Å².